The summed E-state index contributed by atoms with van der Waals surface area (Å²) in [7, 11) is 0. The largest absolute Gasteiger partial charge is 0.309 e. The number of hydrogen-bond donors (Lipinski definition) is 0. The molecule has 0 unspecified atom stereocenters. The summed E-state index contributed by atoms with van der Waals surface area (Å²) >= 11 is 0. The molecule has 0 amide bonds. The van der Waals surface area contributed by atoms with E-state index in [1.54, 1.807) is 0 Å². The van der Waals surface area contributed by atoms with E-state index in [9.17, 15) is 0 Å². The van der Waals surface area contributed by atoms with Gasteiger partial charge in [0.25, 0.3) is 0 Å². The first-order valence-electron chi connectivity index (χ1n) is 13.7. The van der Waals surface area contributed by atoms with Crippen LogP contribution in [0.1, 0.15) is 0 Å². The molecular formula is C37H24N4. The van der Waals surface area contributed by atoms with Crippen molar-refractivity contribution in [2.75, 3.05) is 0 Å². The average Bonchev–Trinajstić information content (AvgIpc) is 3.39. The summed E-state index contributed by atoms with van der Waals surface area (Å²) in [5.74, 6) is 0. The van der Waals surface area contributed by atoms with Crippen molar-refractivity contribution >= 4 is 32.6 Å². The Hall–Kier alpha value is -5.61. The maximum absolute atomic E-state index is 4.79. The molecule has 0 fully saturated rings. The van der Waals surface area contributed by atoms with Gasteiger partial charge in [0.2, 0.25) is 0 Å². The Kier molecular flexibility index (Phi) is 5.42. The third-order valence-corrected chi connectivity index (χ3v) is 7.80. The highest BCUT2D eigenvalue weighted by Crippen LogP contribution is 2.33. The van der Waals surface area contributed by atoms with Crippen molar-refractivity contribution in [1.29, 1.82) is 0 Å². The van der Waals surface area contributed by atoms with Crippen LogP contribution in [0.15, 0.2) is 146 Å². The van der Waals surface area contributed by atoms with Gasteiger partial charge in [0.1, 0.15) is 0 Å². The Morgan fingerprint density at radius 3 is 2.00 bits per heavy atom. The number of fused-ring (bicyclic) bond motifs is 4. The predicted octanol–water partition coefficient (Wildman–Crippen LogP) is 9.12. The molecule has 0 radical (unpaired) electrons. The normalized spacial score (nSPS) is 11.4. The van der Waals surface area contributed by atoms with Crippen LogP contribution in [-0.2, 0) is 0 Å². The van der Waals surface area contributed by atoms with Crippen LogP contribution in [0.3, 0.4) is 0 Å². The minimum Gasteiger partial charge on any atom is -0.309 e. The molecule has 0 saturated carbocycles. The van der Waals surface area contributed by atoms with Crippen molar-refractivity contribution in [3.8, 4) is 39.3 Å². The predicted molar refractivity (Wildman–Crippen MR) is 168 cm³/mol. The molecule has 0 atom stereocenters. The van der Waals surface area contributed by atoms with Gasteiger partial charge in [0, 0.05) is 52.4 Å². The van der Waals surface area contributed by atoms with Crippen LogP contribution in [0, 0.1) is 0 Å². The second-order valence-electron chi connectivity index (χ2n) is 10.2. The molecule has 192 valence electrons. The Labute approximate surface area is 237 Å². The lowest BCUT2D eigenvalue weighted by atomic mass is 9.99. The summed E-state index contributed by atoms with van der Waals surface area (Å²) in [6, 6.07) is 42.4. The summed E-state index contributed by atoms with van der Waals surface area (Å²) in [4.78, 5) is 13.9. The van der Waals surface area contributed by atoms with E-state index < -0.39 is 0 Å². The van der Waals surface area contributed by atoms with Gasteiger partial charge in [-0.25, -0.2) is 0 Å². The second kappa shape index (κ2) is 9.54. The number of para-hydroxylation sites is 1. The van der Waals surface area contributed by atoms with Gasteiger partial charge in [-0.1, -0.05) is 84.9 Å². The highest BCUT2D eigenvalue weighted by atomic mass is 15.0. The molecule has 0 aliphatic heterocycles. The Morgan fingerprint density at radius 1 is 0.463 bits per heavy atom. The van der Waals surface area contributed by atoms with E-state index in [1.807, 2.05) is 30.9 Å². The molecule has 4 aromatic heterocycles. The molecule has 8 rings (SSSR count). The molecule has 0 N–H and O–H groups in total. The summed E-state index contributed by atoms with van der Waals surface area (Å²) in [6.45, 7) is 0. The molecule has 0 bridgehead atoms. The van der Waals surface area contributed by atoms with Gasteiger partial charge in [-0.05, 0) is 58.3 Å². The van der Waals surface area contributed by atoms with E-state index in [2.05, 4.69) is 125 Å². The number of hydrogen-bond acceptors (Lipinski definition) is 3. The summed E-state index contributed by atoms with van der Waals surface area (Å²) in [5, 5.41) is 4.81. The van der Waals surface area contributed by atoms with Crippen LogP contribution in [0.2, 0.25) is 0 Å². The van der Waals surface area contributed by atoms with E-state index >= 15 is 0 Å². The van der Waals surface area contributed by atoms with Crippen LogP contribution in [-0.4, -0.2) is 19.5 Å². The lowest BCUT2D eigenvalue weighted by Gasteiger charge is -2.10. The lowest BCUT2D eigenvalue weighted by molar-refractivity contribution is 1.17. The molecular weight excluding hydrogens is 500 g/mol. The SMILES string of the molecule is c1cc(-c2ccc(-c3ccc(-c4cccc5ccccc45)cn3)nc2)cc(-n2c3ccccc3c3cnccc32)c1. The number of rotatable bonds is 4. The van der Waals surface area contributed by atoms with Gasteiger partial charge in [0.15, 0.2) is 0 Å². The average molecular weight is 525 g/mol. The van der Waals surface area contributed by atoms with Gasteiger partial charge in [-0.15, -0.1) is 0 Å². The zero-order valence-electron chi connectivity index (χ0n) is 22.1. The van der Waals surface area contributed by atoms with E-state index in [-0.39, 0.29) is 0 Å². The number of benzene rings is 4. The molecule has 4 heteroatoms. The van der Waals surface area contributed by atoms with Crippen molar-refractivity contribution in [1.82, 2.24) is 19.5 Å². The topological polar surface area (TPSA) is 43.6 Å². The monoisotopic (exact) mass is 524 g/mol. The fraction of sp³-hybridized carbons (Fsp3) is 0. The molecule has 4 nitrogen and oxygen atoms in total. The van der Waals surface area contributed by atoms with Crippen LogP contribution >= 0.6 is 0 Å². The number of pyridine rings is 3. The van der Waals surface area contributed by atoms with Crippen LogP contribution < -0.4 is 0 Å². The molecule has 4 heterocycles. The lowest BCUT2D eigenvalue weighted by Crippen LogP contribution is -1.94. The van der Waals surface area contributed by atoms with E-state index in [1.165, 1.54) is 27.2 Å². The van der Waals surface area contributed by atoms with Crippen LogP contribution in [0.4, 0.5) is 0 Å². The highest BCUT2D eigenvalue weighted by molar-refractivity contribution is 6.08. The fourth-order valence-corrected chi connectivity index (χ4v) is 5.82. The highest BCUT2D eigenvalue weighted by Gasteiger charge is 2.13. The second-order valence-corrected chi connectivity index (χ2v) is 10.2. The maximum atomic E-state index is 4.79. The smallest absolute Gasteiger partial charge is 0.0886 e. The molecule has 8 aromatic rings. The summed E-state index contributed by atoms with van der Waals surface area (Å²) < 4.78 is 2.30. The van der Waals surface area contributed by atoms with E-state index in [0.29, 0.717) is 0 Å². The third kappa shape index (κ3) is 3.97. The quantitative estimate of drug-likeness (QED) is 0.231. The first-order valence-corrected chi connectivity index (χ1v) is 13.7. The fourth-order valence-electron chi connectivity index (χ4n) is 5.82. The van der Waals surface area contributed by atoms with Crippen molar-refractivity contribution in [3.63, 3.8) is 0 Å². The molecule has 4 aromatic carbocycles. The van der Waals surface area contributed by atoms with Crippen molar-refractivity contribution in [2.24, 2.45) is 0 Å². The molecule has 0 spiro atoms. The number of nitrogens with zero attached hydrogens (tertiary/aromatic N) is 4. The van der Waals surface area contributed by atoms with E-state index in [4.69, 9.17) is 9.97 Å². The van der Waals surface area contributed by atoms with Crippen LogP contribution in [0.5, 0.6) is 0 Å². The Morgan fingerprint density at radius 2 is 1.17 bits per heavy atom. The minimum atomic E-state index is 0.851. The zero-order valence-corrected chi connectivity index (χ0v) is 22.1. The third-order valence-electron chi connectivity index (χ3n) is 7.80. The first kappa shape index (κ1) is 23.3. The van der Waals surface area contributed by atoms with Crippen LogP contribution in [0.25, 0.3) is 71.9 Å². The van der Waals surface area contributed by atoms with Gasteiger partial charge in [-0.3, -0.25) is 15.0 Å². The van der Waals surface area contributed by atoms with Gasteiger partial charge < -0.3 is 4.57 Å². The standard InChI is InChI=1S/C37H24N4/c1-2-11-30-25(7-1)8-6-13-31(30)28-16-18-35(40-23-28)34-17-15-27(22-39-34)26-9-5-10-29(21-26)41-36-14-4-3-12-32(36)33-24-38-20-19-37(33)41/h1-24H. The number of aromatic nitrogens is 4. The Balaban J connectivity index is 1.12. The summed E-state index contributed by atoms with van der Waals surface area (Å²) in [6.07, 6.45) is 7.68. The minimum absolute atomic E-state index is 0.851. The first-order chi connectivity index (χ1) is 20.3. The van der Waals surface area contributed by atoms with Gasteiger partial charge >= 0.3 is 0 Å². The Bertz CT molecular complexity index is 2130. The van der Waals surface area contributed by atoms with Crippen molar-refractivity contribution < 1.29 is 0 Å². The van der Waals surface area contributed by atoms with E-state index in [0.717, 1.165) is 44.7 Å². The van der Waals surface area contributed by atoms with Crippen molar-refractivity contribution in [3.05, 3.63) is 146 Å². The molecule has 0 saturated heterocycles. The molecule has 0 aliphatic carbocycles. The van der Waals surface area contributed by atoms with Gasteiger partial charge in [-0.2, -0.15) is 0 Å². The van der Waals surface area contributed by atoms with Gasteiger partial charge in [0.05, 0.1) is 22.4 Å². The molecule has 0 aliphatic rings. The molecule has 41 heavy (non-hydrogen) atoms. The zero-order chi connectivity index (χ0) is 27.2. The van der Waals surface area contributed by atoms with Crippen molar-refractivity contribution in [2.45, 2.75) is 0 Å². The maximum Gasteiger partial charge on any atom is 0.0886 e. The summed E-state index contributed by atoms with van der Waals surface area (Å²) in [5.41, 5.74) is 9.58.